The normalized spacial score (nSPS) is 15.2. The molecule has 0 spiro atoms. The quantitative estimate of drug-likeness (QED) is 0.534. The molecule has 2 heterocycles. The highest BCUT2D eigenvalue weighted by Crippen LogP contribution is 2.23. The van der Waals surface area contributed by atoms with Gasteiger partial charge in [0.05, 0.1) is 6.61 Å². The maximum Gasteiger partial charge on any atom is 0.188 e. The van der Waals surface area contributed by atoms with Gasteiger partial charge in [-0.3, -0.25) is 4.79 Å². The first-order valence-electron chi connectivity index (χ1n) is 3.60. The molecule has 3 nitrogen and oxygen atoms in total. The average molecular weight is 275 g/mol. The number of rotatable bonds is 0. The highest BCUT2D eigenvalue weighted by atomic mass is 127. The minimum atomic E-state index is 0.0785. The molecule has 0 atom stereocenters. The fourth-order valence-electron chi connectivity index (χ4n) is 1.11. The molecule has 1 aromatic heterocycles. The van der Waals surface area contributed by atoms with Crippen LogP contribution in [0.1, 0.15) is 16.9 Å². The van der Waals surface area contributed by atoms with E-state index in [0.717, 1.165) is 3.70 Å². The molecule has 1 aromatic rings. The number of nitrogens with zero attached hydrogens (tertiary/aromatic N) is 1. The number of carbonyl (C=O) groups is 1. The third-order valence-corrected chi connectivity index (χ3v) is 2.28. The maximum atomic E-state index is 11.3. The third kappa shape index (κ3) is 1.31. The van der Waals surface area contributed by atoms with Crippen LogP contribution >= 0.6 is 22.6 Å². The highest BCUT2D eigenvalue weighted by molar-refractivity contribution is 14.1. The fraction of sp³-hybridized carbons (Fsp3) is 0.250. The molecule has 1 aliphatic heterocycles. The van der Waals surface area contributed by atoms with Crippen molar-refractivity contribution in [1.29, 1.82) is 0 Å². The summed E-state index contributed by atoms with van der Waals surface area (Å²) in [6.07, 6.45) is 0.445. The van der Waals surface area contributed by atoms with Crippen molar-refractivity contribution in [3.05, 3.63) is 21.5 Å². The standard InChI is InChI=1S/C8H6INO2/c9-7-2-1-6-8(10-7)5(11)3-4-12-6/h1-2H,3-4H2. The van der Waals surface area contributed by atoms with Gasteiger partial charge in [-0.1, -0.05) is 0 Å². The van der Waals surface area contributed by atoms with E-state index in [2.05, 4.69) is 27.6 Å². The Morgan fingerprint density at radius 1 is 1.50 bits per heavy atom. The molecule has 0 bridgehead atoms. The summed E-state index contributed by atoms with van der Waals surface area (Å²) in [5.41, 5.74) is 0.480. The van der Waals surface area contributed by atoms with Gasteiger partial charge < -0.3 is 4.74 Å². The molecule has 0 N–H and O–H groups in total. The molecule has 0 unspecified atom stereocenters. The van der Waals surface area contributed by atoms with E-state index in [9.17, 15) is 4.79 Å². The van der Waals surface area contributed by atoms with Crippen LogP contribution in [-0.2, 0) is 0 Å². The average Bonchev–Trinajstić information content (AvgIpc) is 2.07. The van der Waals surface area contributed by atoms with Crippen LogP contribution in [0.5, 0.6) is 5.75 Å². The molecule has 0 fully saturated rings. The molecule has 62 valence electrons. The van der Waals surface area contributed by atoms with E-state index >= 15 is 0 Å². The molecule has 0 radical (unpaired) electrons. The summed E-state index contributed by atoms with van der Waals surface area (Å²) in [6, 6.07) is 3.62. The molecule has 2 rings (SSSR count). The molecule has 0 amide bonds. The van der Waals surface area contributed by atoms with E-state index in [-0.39, 0.29) is 5.78 Å². The third-order valence-electron chi connectivity index (χ3n) is 1.68. The van der Waals surface area contributed by atoms with Crippen molar-refractivity contribution in [2.45, 2.75) is 6.42 Å². The van der Waals surface area contributed by atoms with Gasteiger partial charge >= 0.3 is 0 Å². The minimum absolute atomic E-state index is 0.0785. The number of carbonyl (C=O) groups excluding carboxylic acids is 1. The number of ketones is 1. The van der Waals surface area contributed by atoms with Crippen LogP contribution in [0, 0.1) is 3.70 Å². The van der Waals surface area contributed by atoms with Gasteiger partial charge in [-0.15, -0.1) is 0 Å². The number of hydrogen-bond acceptors (Lipinski definition) is 3. The van der Waals surface area contributed by atoms with Crippen LogP contribution in [0.25, 0.3) is 0 Å². The zero-order valence-corrected chi connectivity index (χ0v) is 8.37. The molecular formula is C8H6INO2. The van der Waals surface area contributed by atoms with Gasteiger partial charge in [-0.2, -0.15) is 0 Å². The van der Waals surface area contributed by atoms with Crippen LogP contribution in [0.15, 0.2) is 12.1 Å². The van der Waals surface area contributed by atoms with E-state index in [1.165, 1.54) is 0 Å². The molecule has 0 saturated carbocycles. The van der Waals surface area contributed by atoms with E-state index in [1.54, 1.807) is 6.07 Å². The van der Waals surface area contributed by atoms with Gasteiger partial charge in [0.1, 0.15) is 15.1 Å². The zero-order chi connectivity index (χ0) is 8.55. The predicted molar refractivity (Wildman–Crippen MR) is 51.4 cm³/mol. The predicted octanol–water partition coefficient (Wildman–Crippen LogP) is 1.65. The molecule has 0 saturated heterocycles. The number of Topliss-reactive ketones (excluding diaryl/α,β-unsaturated/α-hetero) is 1. The molecule has 0 aliphatic carbocycles. The molecule has 0 aromatic carbocycles. The summed E-state index contributed by atoms with van der Waals surface area (Å²) in [4.78, 5) is 15.4. The van der Waals surface area contributed by atoms with Crippen LogP contribution in [0.4, 0.5) is 0 Å². The number of halogens is 1. The lowest BCUT2D eigenvalue weighted by Crippen LogP contribution is -2.17. The first-order chi connectivity index (χ1) is 5.77. The van der Waals surface area contributed by atoms with Crippen LogP contribution in [-0.4, -0.2) is 17.4 Å². The van der Waals surface area contributed by atoms with Gasteiger partial charge in [0, 0.05) is 6.42 Å². The van der Waals surface area contributed by atoms with Gasteiger partial charge in [-0.05, 0) is 34.7 Å². The van der Waals surface area contributed by atoms with Crippen LogP contribution in [0.3, 0.4) is 0 Å². The van der Waals surface area contributed by atoms with E-state index < -0.39 is 0 Å². The number of ether oxygens (including phenoxy) is 1. The Morgan fingerprint density at radius 3 is 3.17 bits per heavy atom. The van der Waals surface area contributed by atoms with E-state index in [0.29, 0.717) is 24.5 Å². The SMILES string of the molecule is O=C1CCOc2ccc(I)nc21. The molecular weight excluding hydrogens is 269 g/mol. The summed E-state index contributed by atoms with van der Waals surface area (Å²) in [7, 11) is 0. The lowest BCUT2D eigenvalue weighted by atomic mass is 10.1. The van der Waals surface area contributed by atoms with Gasteiger partial charge in [0.25, 0.3) is 0 Å². The molecule has 12 heavy (non-hydrogen) atoms. The summed E-state index contributed by atoms with van der Waals surface area (Å²) in [6.45, 7) is 0.480. The summed E-state index contributed by atoms with van der Waals surface area (Å²) < 4.78 is 6.09. The zero-order valence-electron chi connectivity index (χ0n) is 6.21. The highest BCUT2D eigenvalue weighted by Gasteiger charge is 2.19. The smallest absolute Gasteiger partial charge is 0.188 e. The molecule has 1 aliphatic rings. The Bertz CT molecular complexity index is 338. The Kier molecular flexibility index (Phi) is 2.00. The number of fused-ring (bicyclic) bond motifs is 1. The van der Waals surface area contributed by atoms with Crippen molar-refractivity contribution in [3.63, 3.8) is 0 Å². The lowest BCUT2D eigenvalue weighted by molar-refractivity contribution is 0.0926. The second kappa shape index (κ2) is 3.01. The first-order valence-corrected chi connectivity index (χ1v) is 4.68. The second-order valence-electron chi connectivity index (χ2n) is 2.50. The Balaban J connectivity index is 2.54. The van der Waals surface area contributed by atoms with E-state index in [4.69, 9.17) is 4.74 Å². The molecule has 4 heteroatoms. The number of pyridine rings is 1. The summed E-state index contributed by atoms with van der Waals surface area (Å²) >= 11 is 2.08. The van der Waals surface area contributed by atoms with Crippen molar-refractivity contribution >= 4 is 28.4 Å². The van der Waals surface area contributed by atoms with Crippen molar-refractivity contribution in [1.82, 2.24) is 4.98 Å². The topological polar surface area (TPSA) is 39.2 Å². The largest absolute Gasteiger partial charge is 0.491 e. The second-order valence-corrected chi connectivity index (χ2v) is 3.61. The Labute approximate surface area is 83.3 Å². The summed E-state index contributed by atoms with van der Waals surface area (Å²) in [5.74, 6) is 0.696. The number of aromatic nitrogens is 1. The summed E-state index contributed by atoms with van der Waals surface area (Å²) in [5, 5.41) is 0. The van der Waals surface area contributed by atoms with Gasteiger partial charge in [0.2, 0.25) is 0 Å². The maximum absolute atomic E-state index is 11.3. The van der Waals surface area contributed by atoms with E-state index in [1.807, 2.05) is 6.07 Å². The fourth-order valence-corrected chi connectivity index (χ4v) is 1.53. The number of hydrogen-bond donors (Lipinski definition) is 0. The Hall–Kier alpha value is -0.650. The van der Waals surface area contributed by atoms with Crippen LogP contribution in [0.2, 0.25) is 0 Å². The van der Waals surface area contributed by atoms with Crippen molar-refractivity contribution < 1.29 is 9.53 Å². The van der Waals surface area contributed by atoms with Crippen molar-refractivity contribution in [3.8, 4) is 5.75 Å². The van der Waals surface area contributed by atoms with Crippen molar-refractivity contribution in [2.75, 3.05) is 6.61 Å². The van der Waals surface area contributed by atoms with Crippen LogP contribution < -0.4 is 4.74 Å². The first kappa shape index (κ1) is 7.97. The minimum Gasteiger partial charge on any atom is -0.491 e. The monoisotopic (exact) mass is 275 g/mol. The Morgan fingerprint density at radius 2 is 2.33 bits per heavy atom. The lowest BCUT2D eigenvalue weighted by Gasteiger charge is -2.14. The van der Waals surface area contributed by atoms with Gasteiger partial charge in [-0.25, -0.2) is 4.98 Å². The van der Waals surface area contributed by atoms with Gasteiger partial charge in [0.15, 0.2) is 5.78 Å². The van der Waals surface area contributed by atoms with Crippen molar-refractivity contribution in [2.24, 2.45) is 0 Å².